The molecule has 1 aliphatic heterocycles. The van der Waals surface area contributed by atoms with Gasteiger partial charge in [0, 0.05) is 17.3 Å². The van der Waals surface area contributed by atoms with Crippen molar-refractivity contribution in [3.05, 3.63) is 100 Å². The first-order valence-corrected chi connectivity index (χ1v) is 10.5. The highest BCUT2D eigenvalue weighted by molar-refractivity contribution is 6.51. The molecule has 1 amide bonds. The van der Waals surface area contributed by atoms with Crippen molar-refractivity contribution in [1.29, 1.82) is 0 Å². The number of carbonyl (C=O) groups excluding carboxylic acids is 2. The predicted molar refractivity (Wildman–Crippen MR) is 120 cm³/mol. The maximum Gasteiger partial charge on any atom is 0.300 e. The molecule has 0 aliphatic carbocycles. The summed E-state index contributed by atoms with van der Waals surface area (Å²) in [5.41, 5.74) is 0.909. The van der Waals surface area contributed by atoms with E-state index >= 15 is 0 Å². The van der Waals surface area contributed by atoms with Crippen LogP contribution < -0.4 is 9.64 Å². The van der Waals surface area contributed by atoms with Crippen molar-refractivity contribution in [3.8, 4) is 5.75 Å². The van der Waals surface area contributed by atoms with Crippen molar-refractivity contribution in [1.82, 2.24) is 0 Å². The van der Waals surface area contributed by atoms with Gasteiger partial charge in [-0.3, -0.25) is 14.5 Å². The molecule has 1 heterocycles. The lowest BCUT2D eigenvalue weighted by molar-refractivity contribution is -0.132. The van der Waals surface area contributed by atoms with Gasteiger partial charge >= 0.3 is 0 Å². The molecule has 1 unspecified atom stereocenters. The van der Waals surface area contributed by atoms with Gasteiger partial charge in [-0.2, -0.15) is 0 Å². The fourth-order valence-electron chi connectivity index (χ4n) is 3.96. The number of aliphatic hydroxyl groups excluding tert-OH is 1. The largest absolute Gasteiger partial charge is 0.507 e. The number of halogens is 3. The third kappa shape index (κ3) is 4.03. The Morgan fingerprint density at radius 2 is 1.68 bits per heavy atom. The SMILES string of the molecule is CCOc1ccc(/C(O)=C2\C(=O)C(=O)N(c3ccc(F)c(F)c3)C2c2ccc(F)cc2)cc1C. The molecule has 5 nitrogen and oxygen atoms in total. The molecule has 0 bridgehead atoms. The predicted octanol–water partition coefficient (Wildman–Crippen LogP) is 5.44. The van der Waals surface area contributed by atoms with Gasteiger partial charge in [0.2, 0.25) is 0 Å². The highest BCUT2D eigenvalue weighted by atomic mass is 19.2. The van der Waals surface area contributed by atoms with E-state index in [0.717, 1.165) is 35.2 Å². The minimum atomic E-state index is -1.21. The van der Waals surface area contributed by atoms with Crippen LogP contribution in [0, 0.1) is 24.4 Å². The van der Waals surface area contributed by atoms with Gasteiger partial charge in [0.25, 0.3) is 11.7 Å². The number of anilines is 1. The smallest absolute Gasteiger partial charge is 0.300 e. The Bertz CT molecular complexity index is 1320. The summed E-state index contributed by atoms with van der Waals surface area (Å²) >= 11 is 0. The number of Topliss-reactive ketones (excluding diaryl/α,β-unsaturated/α-hetero) is 1. The number of aliphatic hydroxyl groups is 1. The molecule has 1 fully saturated rings. The second-order valence-corrected chi connectivity index (χ2v) is 7.73. The van der Waals surface area contributed by atoms with Crippen LogP contribution >= 0.6 is 0 Å². The van der Waals surface area contributed by atoms with Gasteiger partial charge in [-0.1, -0.05) is 12.1 Å². The topological polar surface area (TPSA) is 66.8 Å². The Morgan fingerprint density at radius 3 is 2.29 bits per heavy atom. The number of amides is 1. The zero-order valence-electron chi connectivity index (χ0n) is 18.3. The lowest BCUT2D eigenvalue weighted by Gasteiger charge is -2.25. The first-order valence-electron chi connectivity index (χ1n) is 10.5. The zero-order valence-corrected chi connectivity index (χ0v) is 18.3. The monoisotopic (exact) mass is 467 g/mol. The summed E-state index contributed by atoms with van der Waals surface area (Å²) in [7, 11) is 0. The number of ether oxygens (including phenoxy) is 1. The molecule has 4 rings (SSSR count). The fourth-order valence-corrected chi connectivity index (χ4v) is 3.96. The summed E-state index contributed by atoms with van der Waals surface area (Å²) in [6.07, 6.45) is 0. The molecule has 3 aromatic carbocycles. The summed E-state index contributed by atoms with van der Waals surface area (Å²) in [5, 5.41) is 11.1. The van der Waals surface area contributed by atoms with Crippen molar-refractivity contribution in [2.45, 2.75) is 19.9 Å². The third-order valence-corrected chi connectivity index (χ3v) is 5.56. The van der Waals surface area contributed by atoms with E-state index in [2.05, 4.69) is 0 Å². The van der Waals surface area contributed by atoms with Crippen LogP contribution in [0.3, 0.4) is 0 Å². The molecule has 174 valence electrons. The second kappa shape index (κ2) is 9.05. The normalized spacial score (nSPS) is 17.3. The Morgan fingerprint density at radius 1 is 0.971 bits per heavy atom. The van der Waals surface area contributed by atoms with Crippen LogP contribution in [0.25, 0.3) is 5.76 Å². The van der Waals surface area contributed by atoms with Gasteiger partial charge < -0.3 is 9.84 Å². The highest BCUT2D eigenvalue weighted by Crippen LogP contribution is 2.42. The number of ketones is 1. The van der Waals surface area contributed by atoms with E-state index in [1.165, 1.54) is 12.1 Å². The number of rotatable bonds is 5. The number of aryl methyl sites for hydroxylation is 1. The quantitative estimate of drug-likeness (QED) is 0.308. The Kier molecular flexibility index (Phi) is 6.15. The number of carbonyl (C=O) groups is 2. The molecule has 1 atom stereocenters. The van der Waals surface area contributed by atoms with E-state index in [1.54, 1.807) is 25.1 Å². The Balaban J connectivity index is 1.92. The van der Waals surface area contributed by atoms with Crippen LogP contribution in [-0.4, -0.2) is 23.4 Å². The summed E-state index contributed by atoms with van der Waals surface area (Å²) in [6.45, 7) is 4.03. The van der Waals surface area contributed by atoms with Crippen molar-refractivity contribution in [2.24, 2.45) is 0 Å². The molecule has 0 spiro atoms. The highest BCUT2D eigenvalue weighted by Gasteiger charge is 2.47. The van der Waals surface area contributed by atoms with E-state index in [4.69, 9.17) is 4.74 Å². The van der Waals surface area contributed by atoms with Crippen LogP contribution in [0.2, 0.25) is 0 Å². The van der Waals surface area contributed by atoms with Gasteiger partial charge in [0.1, 0.15) is 17.3 Å². The average molecular weight is 467 g/mol. The number of nitrogens with zero attached hydrogens (tertiary/aromatic N) is 1. The van der Waals surface area contributed by atoms with Crippen molar-refractivity contribution >= 4 is 23.1 Å². The van der Waals surface area contributed by atoms with Gasteiger partial charge in [0.05, 0.1) is 18.2 Å². The summed E-state index contributed by atoms with van der Waals surface area (Å²) in [4.78, 5) is 27.1. The third-order valence-electron chi connectivity index (χ3n) is 5.56. The molecule has 0 radical (unpaired) electrons. The minimum absolute atomic E-state index is 0.0859. The minimum Gasteiger partial charge on any atom is -0.507 e. The van der Waals surface area contributed by atoms with Crippen LogP contribution in [-0.2, 0) is 9.59 Å². The number of benzene rings is 3. The van der Waals surface area contributed by atoms with Crippen molar-refractivity contribution < 1.29 is 32.6 Å². The van der Waals surface area contributed by atoms with Gasteiger partial charge in [-0.05, 0) is 67.4 Å². The molecular formula is C26H20F3NO4. The van der Waals surface area contributed by atoms with E-state index in [1.807, 2.05) is 6.92 Å². The Labute approximate surface area is 193 Å². The summed E-state index contributed by atoms with van der Waals surface area (Å²) in [6, 6.07) is 11.4. The first kappa shape index (κ1) is 23.1. The zero-order chi connectivity index (χ0) is 24.6. The van der Waals surface area contributed by atoms with Gasteiger partial charge in [-0.25, -0.2) is 13.2 Å². The van der Waals surface area contributed by atoms with Gasteiger partial charge in [0.15, 0.2) is 11.6 Å². The van der Waals surface area contributed by atoms with Gasteiger partial charge in [-0.15, -0.1) is 0 Å². The second-order valence-electron chi connectivity index (χ2n) is 7.73. The van der Waals surface area contributed by atoms with E-state index < -0.39 is 40.9 Å². The molecule has 0 aromatic heterocycles. The van der Waals surface area contributed by atoms with Crippen molar-refractivity contribution in [3.63, 3.8) is 0 Å². The molecule has 1 aliphatic rings. The molecule has 8 heteroatoms. The maximum atomic E-state index is 14.0. The van der Waals surface area contributed by atoms with Crippen LogP contribution in [0.15, 0.2) is 66.2 Å². The van der Waals surface area contributed by atoms with E-state index in [9.17, 15) is 27.9 Å². The Hall–Kier alpha value is -4.07. The molecule has 0 saturated carbocycles. The van der Waals surface area contributed by atoms with Crippen LogP contribution in [0.5, 0.6) is 5.75 Å². The molecule has 1 saturated heterocycles. The summed E-state index contributed by atoms with van der Waals surface area (Å²) < 4.78 is 46.6. The van der Waals surface area contributed by atoms with Crippen LogP contribution in [0.4, 0.5) is 18.9 Å². The number of hydrogen-bond donors (Lipinski definition) is 1. The van der Waals surface area contributed by atoms with Crippen molar-refractivity contribution in [2.75, 3.05) is 11.5 Å². The summed E-state index contributed by atoms with van der Waals surface area (Å²) in [5.74, 6) is -4.79. The molecule has 1 N–H and O–H groups in total. The molecule has 34 heavy (non-hydrogen) atoms. The molecule has 3 aromatic rings. The average Bonchev–Trinajstić information content (AvgIpc) is 3.07. The fraction of sp³-hybridized carbons (Fsp3) is 0.154. The van der Waals surface area contributed by atoms with E-state index in [0.29, 0.717) is 23.5 Å². The first-order chi connectivity index (χ1) is 16.2. The lowest BCUT2D eigenvalue weighted by Crippen LogP contribution is -2.29. The lowest BCUT2D eigenvalue weighted by atomic mass is 9.94. The number of hydrogen-bond acceptors (Lipinski definition) is 4. The maximum absolute atomic E-state index is 14.0. The van der Waals surface area contributed by atoms with E-state index in [-0.39, 0.29) is 16.8 Å². The van der Waals surface area contributed by atoms with Crippen LogP contribution in [0.1, 0.15) is 29.7 Å². The molecular weight excluding hydrogens is 447 g/mol. The standard InChI is InChI=1S/C26H20F3NO4/c1-3-34-21-11-6-16(12-14(21)2)24(31)22-23(15-4-7-17(27)8-5-15)30(26(33)25(22)32)18-9-10-19(28)20(29)13-18/h4-13,23,31H,3H2,1-2H3/b24-22+.